The Labute approximate surface area is 87.2 Å². The van der Waals surface area contributed by atoms with E-state index in [0.717, 1.165) is 13.1 Å². The van der Waals surface area contributed by atoms with Crippen LogP contribution in [0.5, 0.6) is 0 Å². The van der Waals surface area contributed by atoms with Crippen LogP contribution in [0.15, 0.2) is 0 Å². The van der Waals surface area contributed by atoms with Crippen LogP contribution in [0.25, 0.3) is 0 Å². The molecule has 3 heteroatoms. The Hall–Kier alpha value is -0.120. The van der Waals surface area contributed by atoms with Crippen molar-refractivity contribution < 1.29 is 9.47 Å². The average molecular weight is 201 g/mol. The van der Waals surface area contributed by atoms with Crippen LogP contribution >= 0.6 is 0 Å². The summed E-state index contributed by atoms with van der Waals surface area (Å²) in [4.78, 5) is 0. The minimum atomic E-state index is 0.236. The number of hydrogen-bond donors (Lipinski definition) is 1. The van der Waals surface area contributed by atoms with Crippen LogP contribution in [-0.4, -0.2) is 39.0 Å². The van der Waals surface area contributed by atoms with Gasteiger partial charge in [0.1, 0.15) is 0 Å². The molecule has 1 fully saturated rings. The Balaban J connectivity index is 2.38. The van der Waals surface area contributed by atoms with E-state index >= 15 is 0 Å². The van der Waals surface area contributed by atoms with Crippen molar-refractivity contribution in [2.24, 2.45) is 5.92 Å². The van der Waals surface area contributed by atoms with Crippen molar-refractivity contribution in [3.63, 3.8) is 0 Å². The van der Waals surface area contributed by atoms with Gasteiger partial charge in [-0.2, -0.15) is 0 Å². The number of ether oxygens (including phenoxy) is 2. The topological polar surface area (TPSA) is 30.5 Å². The molecule has 1 rings (SSSR count). The van der Waals surface area contributed by atoms with Crippen molar-refractivity contribution >= 4 is 0 Å². The number of hydrogen-bond acceptors (Lipinski definition) is 3. The fourth-order valence-electron chi connectivity index (χ4n) is 2.11. The molecule has 0 bridgehead atoms. The second-order valence-corrected chi connectivity index (χ2v) is 3.99. The summed E-state index contributed by atoms with van der Waals surface area (Å²) >= 11 is 0. The van der Waals surface area contributed by atoms with Crippen LogP contribution < -0.4 is 5.32 Å². The lowest BCUT2D eigenvalue weighted by Gasteiger charge is -2.34. The molecule has 1 heterocycles. The van der Waals surface area contributed by atoms with Crippen molar-refractivity contribution in [3.05, 3.63) is 0 Å². The fourth-order valence-corrected chi connectivity index (χ4v) is 2.11. The molecule has 0 spiro atoms. The first-order valence-corrected chi connectivity index (χ1v) is 5.66. The highest BCUT2D eigenvalue weighted by Gasteiger charge is 2.26. The highest BCUT2D eigenvalue weighted by atomic mass is 16.5. The Kier molecular flexibility index (Phi) is 5.45. The van der Waals surface area contributed by atoms with Gasteiger partial charge in [-0.1, -0.05) is 26.7 Å². The van der Waals surface area contributed by atoms with E-state index in [1.54, 1.807) is 7.11 Å². The maximum Gasteiger partial charge on any atom is 0.0936 e. The summed E-state index contributed by atoms with van der Waals surface area (Å²) in [6.45, 7) is 7.08. The van der Waals surface area contributed by atoms with E-state index in [1.165, 1.54) is 12.8 Å². The summed E-state index contributed by atoms with van der Waals surface area (Å²) in [5, 5.41) is 3.41. The molecular formula is C11H23NO2. The minimum Gasteiger partial charge on any atom is -0.382 e. The molecule has 0 saturated carbocycles. The van der Waals surface area contributed by atoms with Gasteiger partial charge in [0.2, 0.25) is 0 Å². The molecule has 1 aliphatic heterocycles. The van der Waals surface area contributed by atoms with Gasteiger partial charge >= 0.3 is 0 Å². The van der Waals surface area contributed by atoms with Gasteiger partial charge in [-0.15, -0.1) is 0 Å². The van der Waals surface area contributed by atoms with Crippen molar-refractivity contribution in [2.45, 2.75) is 38.9 Å². The molecule has 0 radical (unpaired) electrons. The molecule has 0 aromatic rings. The van der Waals surface area contributed by atoms with Crippen molar-refractivity contribution in [2.75, 3.05) is 26.8 Å². The third-order valence-corrected chi connectivity index (χ3v) is 3.01. The zero-order chi connectivity index (χ0) is 10.4. The van der Waals surface area contributed by atoms with E-state index in [9.17, 15) is 0 Å². The summed E-state index contributed by atoms with van der Waals surface area (Å²) in [7, 11) is 1.73. The first-order valence-electron chi connectivity index (χ1n) is 5.66. The van der Waals surface area contributed by atoms with Gasteiger partial charge in [0.05, 0.1) is 18.8 Å². The summed E-state index contributed by atoms with van der Waals surface area (Å²) in [6, 6.07) is 0. The predicted molar refractivity (Wildman–Crippen MR) is 57.5 cm³/mol. The second kappa shape index (κ2) is 6.38. The van der Waals surface area contributed by atoms with Gasteiger partial charge in [0, 0.05) is 20.2 Å². The molecule has 2 atom stereocenters. The lowest BCUT2D eigenvalue weighted by atomic mass is 9.95. The van der Waals surface area contributed by atoms with Crippen molar-refractivity contribution in [3.8, 4) is 0 Å². The lowest BCUT2D eigenvalue weighted by Crippen LogP contribution is -2.49. The Bertz CT molecular complexity index is 146. The van der Waals surface area contributed by atoms with Gasteiger partial charge in [-0.05, 0) is 5.92 Å². The lowest BCUT2D eigenvalue weighted by molar-refractivity contribution is -0.0911. The number of morpholine rings is 1. The summed E-state index contributed by atoms with van der Waals surface area (Å²) in [6.07, 6.45) is 3.00. The van der Waals surface area contributed by atoms with Gasteiger partial charge in [-0.3, -0.25) is 0 Å². The fraction of sp³-hybridized carbons (Fsp3) is 1.00. The van der Waals surface area contributed by atoms with Crippen LogP contribution in [0.2, 0.25) is 0 Å². The summed E-state index contributed by atoms with van der Waals surface area (Å²) < 4.78 is 11.1. The number of nitrogens with one attached hydrogen (secondary N) is 1. The third kappa shape index (κ3) is 3.23. The minimum absolute atomic E-state index is 0.236. The van der Waals surface area contributed by atoms with Crippen LogP contribution in [0.3, 0.4) is 0 Å². The number of rotatable bonds is 5. The highest BCUT2D eigenvalue weighted by molar-refractivity contribution is 4.78. The Morgan fingerprint density at radius 2 is 2.07 bits per heavy atom. The average Bonchev–Trinajstić information content (AvgIpc) is 2.21. The Morgan fingerprint density at radius 3 is 2.64 bits per heavy atom. The van der Waals surface area contributed by atoms with Crippen molar-refractivity contribution in [1.82, 2.24) is 5.32 Å². The first-order chi connectivity index (χ1) is 6.81. The van der Waals surface area contributed by atoms with E-state index in [2.05, 4.69) is 19.2 Å². The second-order valence-electron chi connectivity index (χ2n) is 3.99. The zero-order valence-electron chi connectivity index (χ0n) is 9.58. The van der Waals surface area contributed by atoms with E-state index < -0.39 is 0 Å². The molecule has 1 N–H and O–H groups in total. The standard InChI is InChI=1S/C11H23NO2/c1-4-9(5-2)11-7-12-6-10(14-11)8-13-3/h9-12H,4-8H2,1-3H3. The van der Waals surface area contributed by atoms with Gasteiger partial charge in [0.25, 0.3) is 0 Å². The monoisotopic (exact) mass is 201 g/mol. The molecule has 3 nitrogen and oxygen atoms in total. The maximum atomic E-state index is 5.98. The molecule has 0 aromatic heterocycles. The molecule has 2 unspecified atom stereocenters. The van der Waals surface area contributed by atoms with Crippen LogP contribution in [0.1, 0.15) is 26.7 Å². The van der Waals surface area contributed by atoms with Crippen LogP contribution in [0.4, 0.5) is 0 Å². The zero-order valence-corrected chi connectivity index (χ0v) is 9.58. The molecule has 14 heavy (non-hydrogen) atoms. The van der Waals surface area contributed by atoms with Gasteiger partial charge < -0.3 is 14.8 Å². The van der Waals surface area contributed by atoms with Gasteiger partial charge in [0.15, 0.2) is 0 Å². The molecule has 0 aromatic carbocycles. The molecule has 0 amide bonds. The van der Waals surface area contributed by atoms with Crippen LogP contribution in [0, 0.1) is 5.92 Å². The number of methoxy groups -OCH3 is 1. The maximum absolute atomic E-state index is 5.98. The normalized spacial score (nSPS) is 28.3. The SMILES string of the molecule is CCC(CC)C1CNCC(COC)O1. The Morgan fingerprint density at radius 1 is 1.36 bits per heavy atom. The van der Waals surface area contributed by atoms with Crippen LogP contribution in [-0.2, 0) is 9.47 Å². The largest absolute Gasteiger partial charge is 0.382 e. The molecule has 1 saturated heterocycles. The van der Waals surface area contributed by atoms with Crippen molar-refractivity contribution in [1.29, 1.82) is 0 Å². The summed E-state index contributed by atoms with van der Waals surface area (Å²) in [5.41, 5.74) is 0. The van der Waals surface area contributed by atoms with E-state index in [4.69, 9.17) is 9.47 Å². The third-order valence-electron chi connectivity index (χ3n) is 3.01. The molecule has 1 aliphatic rings. The van der Waals surface area contributed by atoms with E-state index in [0.29, 0.717) is 18.6 Å². The predicted octanol–water partition coefficient (Wildman–Crippen LogP) is 1.43. The van der Waals surface area contributed by atoms with Gasteiger partial charge in [-0.25, -0.2) is 0 Å². The highest BCUT2D eigenvalue weighted by Crippen LogP contribution is 2.19. The molecule has 0 aliphatic carbocycles. The summed E-state index contributed by atoms with van der Waals surface area (Å²) in [5.74, 6) is 0.683. The quantitative estimate of drug-likeness (QED) is 0.730. The van der Waals surface area contributed by atoms with E-state index in [-0.39, 0.29) is 6.10 Å². The first kappa shape index (κ1) is 12.0. The molecular weight excluding hydrogens is 178 g/mol. The smallest absolute Gasteiger partial charge is 0.0936 e. The molecule has 84 valence electrons. The van der Waals surface area contributed by atoms with E-state index in [1.807, 2.05) is 0 Å².